The predicted molar refractivity (Wildman–Crippen MR) is 83.7 cm³/mol. The van der Waals surface area contributed by atoms with E-state index in [1.54, 1.807) is 6.20 Å². The van der Waals surface area contributed by atoms with Gasteiger partial charge in [-0.1, -0.05) is 24.3 Å². The van der Waals surface area contributed by atoms with Crippen LogP contribution in [0.15, 0.2) is 48.7 Å². The first-order chi connectivity index (χ1) is 11.2. The van der Waals surface area contributed by atoms with Gasteiger partial charge in [0.15, 0.2) is 0 Å². The molecule has 0 amide bonds. The SMILES string of the molecule is Cc1ccccc1OCC(O)Cn1nnnc1-c1ccccn1. The first-order valence-electron chi connectivity index (χ1n) is 7.28. The van der Waals surface area contributed by atoms with E-state index in [9.17, 15) is 5.11 Å². The van der Waals surface area contributed by atoms with Crippen molar-refractivity contribution in [1.29, 1.82) is 0 Å². The fraction of sp³-hybridized carbons (Fsp3) is 0.250. The van der Waals surface area contributed by atoms with E-state index in [2.05, 4.69) is 20.5 Å². The molecule has 0 aliphatic rings. The van der Waals surface area contributed by atoms with Crippen molar-refractivity contribution in [3.05, 3.63) is 54.2 Å². The van der Waals surface area contributed by atoms with Crippen molar-refractivity contribution in [2.75, 3.05) is 6.61 Å². The molecular formula is C16H17N5O2. The van der Waals surface area contributed by atoms with E-state index in [1.165, 1.54) is 4.68 Å². The normalized spacial score (nSPS) is 12.1. The Balaban J connectivity index is 1.64. The second-order valence-corrected chi connectivity index (χ2v) is 5.13. The number of pyridine rings is 1. The third-order valence-corrected chi connectivity index (χ3v) is 3.33. The van der Waals surface area contributed by atoms with Crippen LogP contribution >= 0.6 is 0 Å². The number of hydrogen-bond acceptors (Lipinski definition) is 6. The number of aliphatic hydroxyl groups excluding tert-OH is 1. The fourth-order valence-electron chi connectivity index (χ4n) is 2.16. The molecule has 7 nitrogen and oxygen atoms in total. The van der Waals surface area contributed by atoms with Crippen LogP contribution in [0.4, 0.5) is 0 Å². The Kier molecular flexibility index (Phi) is 4.58. The van der Waals surface area contributed by atoms with Gasteiger partial charge >= 0.3 is 0 Å². The minimum Gasteiger partial charge on any atom is -0.491 e. The molecule has 118 valence electrons. The number of aliphatic hydroxyl groups is 1. The number of aryl methyl sites for hydroxylation is 1. The van der Waals surface area contributed by atoms with Crippen LogP contribution < -0.4 is 4.74 Å². The first kappa shape index (κ1) is 15.1. The maximum absolute atomic E-state index is 10.2. The second kappa shape index (κ2) is 6.97. The zero-order chi connectivity index (χ0) is 16.1. The van der Waals surface area contributed by atoms with E-state index in [0.717, 1.165) is 11.3 Å². The minimum atomic E-state index is -0.736. The summed E-state index contributed by atoms with van der Waals surface area (Å²) < 4.78 is 7.17. The molecule has 23 heavy (non-hydrogen) atoms. The molecule has 0 saturated heterocycles. The van der Waals surface area contributed by atoms with E-state index in [-0.39, 0.29) is 13.2 Å². The van der Waals surface area contributed by atoms with Gasteiger partial charge in [0.2, 0.25) is 5.82 Å². The molecule has 7 heteroatoms. The number of rotatable bonds is 6. The fourth-order valence-corrected chi connectivity index (χ4v) is 2.16. The van der Waals surface area contributed by atoms with Crippen molar-refractivity contribution < 1.29 is 9.84 Å². The van der Waals surface area contributed by atoms with Crippen molar-refractivity contribution in [2.24, 2.45) is 0 Å². The Hall–Kier alpha value is -2.80. The molecule has 0 fully saturated rings. The summed E-state index contributed by atoms with van der Waals surface area (Å²) in [5.41, 5.74) is 1.68. The van der Waals surface area contributed by atoms with Crippen LogP contribution in [0.1, 0.15) is 5.56 Å². The zero-order valence-corrected chi connectivity index (χ0v) is 12.7. The minimum absolute atomic E-state index is 0.159. The van der Waals surface area contributed by atoms with Crippen molar-refractivity contribution in [1.82, 2.24) is 25.2 Å². The van der Waals surface area contributed by atoms with Crippen molar-refractivity contribution >= 4 is 0 Å². The quantitative estimate of drug-likeness (QED) is 0.742. The first-order valence-corrected chi connectivity index (χ1v) is 7.28. The summed E-state index contributed by atoms with van der Waals surface area (Å²) in [6.07, 6.45) is 0.937. The van der Waals surface area contributed by atoms with E-state index in [4.69, 9.17) is 4.74 Å². The van der Waals surface area contributed by atoms with Crippen LogP contribution in [0.3, 0.4) is 0 Å². The van der Waals surface area contributed by atoms with Gasteiger partial charge in [0.05, 0.1) is 6.54 Å². The largest absolute Gasteiger partial charge is 0.491 e. The number of para-hydroxylation sites is 1. The van der Waals surface area contributed by atoms with Crippen molar-refractivity contribution in [3.63, 3.8) is 0 Å². The molecular weight excluding hydrogens is 294 g/mol. The number of benzene rings is 1. The lowest BCUT2D eigenvalue weighted by atomic mass is 10.2. The Morgan fingerprint density at radius 3 is 2.78 bits per heavy atom. The molecule has 0 bridgehead atoms. The van der Waals surface area contributed by atoms with Crippen LogP contribution in [-0.4, -0.2) is 43.0 Å². The number of aromatic nitrogens is 5. The van der Waals surface area contributed by atoms with Gasteiger partial charge < -0.3 is 9.84 Å². The molecule has 0 aliphatic carbocycles. The summed E-state index contributed by atoms with van der Waals surface area (Å²) in [5, 5.41) is 21.7. The average Bonchev–Trinajstić information content (AvgIpc) is 3.03. The van der Waals surface area contributed by atoms with Crippen LogP contribution in [0.25, 0.3) is 11.5 Å². The highest BCUT2D eigenvalue weighted by Crippen LogP contribution is 2.17. The third kappa shape index (κ3) is 3.70. The molecule has 1 N–H and O–H groups in total. The van der Waals surface area contributed by atoms with Gasteiger partial charge in [-0.2, -0.15) is 0 Å². The molecule has 2 aromatic heterocycles. The predicted octanol–water partition coefficient (Wildman–Crippen LogP) is 1.48. The molecule has 3 aromatic rings. The monoisotopic (exact) mass is 311 g/mol. The molecule has 0 spiro atoms. The van der Waals surface area contributed by atoms with Gasteiger partial charge in [0.1, 0.15) is 24.2 Å². The Bertz CT molecular complexity index is 760. The highest BCUT2D eigenvalue weighted by Gasteiger charge is 2.14. The highest BCUT2D eigenvalue weighted by atomic mass is 16.5. The van der Waals surface area contributed by atoms with Gasteiger partial charge in [-0.25, -0.2) is 4.68 Å². The van der Waals surface area contributed by atoms with Gasteiger partial charge in [-0.15, -0.1) is 5.10 Å². The second-order valence-electron chi connectivity index (χ2n) is 5.13. The number of nitrogens with zero attached hydrogens (tertiary/aromatic N) is 5. The Morgan fingerprint density at radius 2 is 2.00 bits per heavy atom. The molecule has 0 saturated carbocycles. The lowest BCUT2D eigenvalue weighted by molar-refractivity contribution is 0.0889. The van der Waals surface area contributed by atoms with Crippen molar-refractivity contribution in [2.45, 2.75) is 19.6 Å². The molecule has 0 aliphatic heterocycles. The smallest absolute Gasteiger partial charge is 0.200 e. The molecule has 1 aromatic carbocycles. The molecule has 0 radical (unpaired) electrons. The lowest BCUT2D eigenvalue weighted by Gasteiger charge is -2.14. The van der Waals surface area contributed by atoms with Gasteiger partial charge in [-0.3, -0.25) is 4.98 Å². The summed E-state index contributed by atoms with van der Waals surface area (Å²) in [5.74, 6) is 1.27. The highest BCUT2D eigenvalue weighted by molar-refractivity contribution is 5.47. The zero-order valence-electron chi connectivity index (χ0n) is 12.7. The summed E-state index contributed by atoms with van der Waals surface area (Å²) in [7, 11) is 0. The van der Waals surface area contributed by atoms with Gasteiger partial charge in [-0.05, 0) is 41.1 Å². The number of tetrazole rings is 1. The van der Waals surface area contributed by atoms with E-state index in [0.29, 0.717) is 11.5 Å². The Morgan fingerprint density at radius 1 is 1.17 bits per heavy atom. The molecule has 1 unspecified atom stereocenters. The lowest BCUT2D eigenvalue weighted by Crippen LogP contribution is -2.25. The summed E-state index contributed by atoms with van der Waals surface area (Å²) in [6.45, 7) is 2.35. The van der Waals surface area contributed by atoms with Crippen molar-refractivity contribution in [3.8, 4) is 17.3 Å². The molecule has 3 rings (SSSR count). The van der Waals surface area contributed by atoms with Gasteiger partial charge in [0, 0.05) is 6.20 Å². The third-order valence-electron chi connectivity index (χ3n) is 3.33. The molecule has 1 atom stereocenters. The van der Waals surface area contributed by atoms with Crippen LogP contribution in [0.2, 0.25) is 0 Å². The van der Waals surface area contributed by atoms with Crippen LogP contribution in [0.5, 0.6) is 5.75 Å². The van der Waals surface area contributed by atoms with E-state index < -0.39 is 6.10 Å². The number of hydrogen-bond donors (Lipinski definition) is 1. The van der Waals surface area contributed by atoms with Gasteiger partial charge in [0.25, 0.3) is 0 Å². The maximum atomic E-state index is 10.2. The number of ether oxygens (including phenoxy) is 1. The Labute approximate surface area is 133 Å². The van der Waals surface area contributed by atoms with Crippen LogP contribution in [0, 0.1) is 6.92 Å². The van der Waals surface area contributed by atoms with E-state index in [1.807, 2.05) is 49.4 Å². The van der Waals surface area contributed by atoms with Crippen LogP contribution in [-0.2, 0) is 6.54 Å². The summed E-state index contributed by atoms with van der Waals surface area (Å²) >= 11 is 0. The standard InChI is InChI=1S/C16H17N5O2/c1-12-6-2-3-8-15(12)23-11-13(22)10-21-16(18-19-20-21)14-7-4-5-9-17-14/h2-9,13,22H,10-11H2,1H3. The summed E-state index contributed by atoms with van der Waals surface area (Å²) in [4.78, 5) is 4.22. The molecule has 2 heterocycles. The maximum Gasteiger partial charge on any atom is 0.200 e. The van der Waals surface area contributed by atoms with E-state index >= 15 is 0 Å². The summed E-state index contributed by atoms with van der Waals surface area (Å²) in [6, 6.07) is 13.2. The topological polar surface area (TPSA) is 86.0 Å². The average molecular weight is 311 g/mol.